The molecule has 7 nitrogen and oxygen atoms in total. The topological polar surface area (TPSA) is 87.7 Å². The number of anilines is 1. The van der Waals surface area contributed by atoms with E-state index >= 15 is 0 Å². The van der Waals surface area contributed by atoms with Crippen LogP contribution in [0, 0.1) is 27.7 Å². The van der Waals surface area contributed by atoms with Crippen LogP contribution in [0.2, 0.25) is 0 Å². The molecule has 2 atom stereocenters. The lowest BCUT2D eigenvalue weighted by Gasteiger charge is -2.43. The minimum absolute atomic E-state index is 0.322. The van der Waals surface area contributed by atoms with Crippen molar-refractivity contribution < 1.29 is 19.1 Å². The summed E-state index contributed by atoms with van der Waals surface area (Å²) < 4.78 is 5.35. The van der Waals surface area contributed by atoms with E-state index in [1.165, 1.54) is 0 Å². The number of carbonyl (C=O) groups excluding carboxylic acids is 3. The first kappa shape index (κ1) is 29.9. The second kappa shape index (κ2) is 11.4. The first-order valence-corrected chi connectivity index (χ1v) is 12.7. The van der Waals surface area contributed by atoms with E-state index in [1.807, 2.05) is 84.9 Å². The summed E-state index contributed by atoms with van der Waals surface area (Å²) in [7, 11) is 0. The fraction of sp³-hybridized carbons (Fsp3) is 0.500. The molecule has 3 amide bonds. The van der Waals surface area contributed by atoms with Gasteiger partial charge in [0, 0.05) is 11.2 Å². The quantitative estimate of drug-likeness (QED) is 0.490. The Kier molecular flexibility index (Phi) is 9.18. The van der Waals surface area contributed by atoms with Gasteiger partial charge in [-0.3, -0.25) is 9.59 Å². The number of nitrogens with zero attached hydrogens (tertiary/aromatic N) is 1. The van der Waals surface area contributed by atoms with Gasteiger partial charge in [0.25, 0.3) is 5.91 Å². The number of rotatable bonds is 6. The van der Waals surface area contributed by atoms with Gasteiger partial charge in [-0.15, -0.1) is 0 Å². The molecule has 2 rings (SSSR count). The van der Waals surface area contributed by atoms with E-state index < -0.39 is 29.3 Å². The summed E-state index contributed by atoms with van der Waals surface area (Å²) in [4.78, 5) is 42.0. The highest BCUT2D eigenvalue weighted by atomic mass is 16.6. The largest absolute Gasteiger partial charge is 0.444 e. The highest BCUT2D eigenvalue weighted by Crippen LogP contribution is 2.33. The Hall–Kier alpha value is -3.35. The molecule has 0 saturated carbocycles. The van der Waals surface area contributed by atoms with E-state index in [0.29, 0.717) is 0 Å². The van der Waals surface area contributed by atoms with E-state index in [2.05, 4.69) is 10.6 Å². The Balaban J connectivity index is 2.58. The maximum atomic E-state index is 14.1. The minimum atomic E-state index is -0.935. The Labute approximate surface area is 222 Å². The van der Waals surface area contributed by atoms with Gasteiger partial charge in [0.05, 0.1) is 0 Å². The number of hydrogen-bond acceptors (Lipinski definition) is 4. The highest BCUT2D eigenvalue weighted by molar-refractivity contribution is 6.00. The van der Waals surface area contributed by atoms with Gasteiger partial charge < -0.3 is 20.3 Å². The normalized spacial score (nSPS) is 13.4. The molecule has 7 heteroatoms. The monoisotopic (exact) mass is 509 g/mol. The predicted octanol–water partition coefficient (Wildman–Crippen LogP) is 6.14. The van der Waals surface area contributed by atoms with Gasteiger partial charge in [0.15, 0.2) is 0 Å². The molecule has 2 N–H and O–H groups in total. The third kappa shape index (κ3) is 7.81. The van der Waals surface area contributed by atoms with Crippen LogP contribution in [0.4, 0.5) is 10.5 Å². The Morgan fingerprint density at radius 3 is 1.92 bits per heavy atom. The van der Waals surface area contributed by atoms with Gasteiger partial charge in [0.1, 0.15) is 17.7 Å². The van der Waals surface area contributed by atoms with Gasteiger partial charge in [-0.1, -0.05) is 42.0 Å². The van der Waals surface area contributed by atoms with E-state index in [-0.39, 0.29) is 11.8 Å². The number of ether oxygens (including phenoxy) is 1. The van der Waals surface area contributed by atoms with Crippen molar-refractivity contribution in [1.82, 2.24) is 10.2 Å². The van der Waals surface area contributed by atoms with Crippen LogP contribution in [-0.2, 0) is 14.3 Å². The molecule has 0 bridgehead atoms. The van der Waals surface area contributed by atoms with Crippen LogP contribution in [0.5, 0.6) is 0 Å². The molecule has 202 valence electrons. The maximum Gasteiger partial charge on any atom is 0.408 e. The van der Waals surface area contributed by atoms with Gasteiger partial charge in [-0.25, -0.2) is 4.79 Å². The smallest absolute Gasteiger partial charge is 0.408 e. The van der Waals surface area contributed by atoms with Crippen molar-refractivity contribution >= 4 is 23.6 Å². The van der Waals surface area contributed by atoms with Gasteiger partial charge in [-0.2, -0.15) is 0 Å². The maximum absolute atomic E-state index is 14.1. The van der Waals surface area contributed by atoms with E-state index in [9.17, 15) is 14.4 Å². The van der Waals surface area contributed by atoms with E-state index in [0.717, 1.165) is 33.5 Å². The summed E-state index contributed by atoms with van der Waals surface area (Å²) in [6.45, 7) is 20.3. The lowest BCUT2D eigenvalue weighted by Crippen LogP contribution is -2.57. The van der Waals surface area contributed by atoms with Crippen LogP contribution in [-0.4, -0.2) is 40.0 Å². The van der Waals surface area contributed by atoms with E-state index in [4.69, 9.17) is 4.74 Å². The van der Waals surface area contributed by atoms with E-state index in [1.54, 1.807) is 32.6 Å². The number of carbonyl (C=O) groups is 3. The molecule has 0 aliphatic rings. The summed E-state index contributed by atoms with van der Waals surface area (Å²) >= 11 is 0. The van der Waals surface area contributed by atoms with Crippen molar-refractivity contribution in [2.45, 2.75) is 99.4 Å². The predicted molar refractivity (Wildman–Crippen MR) is 149 cm³/mol. The fourth-order valence-electron chi connectivity index (χ4n) is 4.33. The van der Waals surface area contributed by atoms with Crippen molar-refractivity contribution in [2.75, 3.05) is 5.32 Å². The Bertz CT molecular complexity index is 1140. The van der Waals surface area contributed by atoms with Gasteiger partial charge in [0.2, 0.25) is 5.91 Å². The lowest BCUT2D eigenvalue weighted by atomic mass is 9.92. The third-order valence-electron chi connectivity index (χ3n) is 6.02. The van der Waals surface area contributed by atoms with Crippen molar-refractivity contribution in [3.05, 3.63) is 64.2 Å². The molecule has 0 saturated heterocycles. The second-order valence-corrected chi connectivity index (χ2v) is 11.8. The van der Waals surface area contributed by atoms with Gasteiger partial charge in [-0.05, 0) is 98.4 Å². The first-order valence-electron chi connectivity index (χ1n) is 12.7. The number of amides is 3. The molecule has 0 spiro atoms. The molecule has 0 heterocycles. The molecular formula is C30H43N3O4. The summed E-state index contributed by atoms with van der Waals surface area (Å²) in [5.74, 6) is -0.711. The van der Waals surface area contributed by atoms with Crippen molar-refractivity contribution in [3.63, 3.8) is 0 Å². The number of hydrogen-bond donors (Lipinski definition) is 2. The van der Waals surface area contributed by atoms with Crippen LogP contribution in [0.15, 0.2) is 36.4 Å². The average molecular weight is 510 g/mol. The number of nitrogens with one attached hydrogen (secondary N) is 2. The Morgan fingerprint density at radius 2 is 1.43 bits per heavy atom. The zero-order valence-electron chi connectivity index (χ0n) is 24.2. The van der Waals surface area contributed by atoms with Crippen LogP contribution in [0.25, 0.3) is 0 Å². The summed E-state index contributed by atoms with van der Waals surface area (Å²) in [6.07, 6.45) is -0.690. The van der Waals surface area contributed by atoms with Crippen LogP contribution in [0.1, 0.15) is 82.3 Å². The highest BCUT2D eigenvalue weighted by Gasteiger charge is 2.41. The zero-order valence-corrected chi connectivity index (χ0v) is 24.2. The second-order valence-electron chi connectivity index (χ2n) is 11.8. The molecular weight excluding hydrogens is 466 g/mol. The molecule has 0 fully saturated rings. The number of aryl methyl sites for hydroxylation is 4. The standard InChI is InChI=1S/C30H43N3O4/c1-18-15-16-23(21(4)17-18)25(26(34)32-24-19(2)13-12-14-20(24)3)33(29(6,7)8)27(35)22(5)31-28(36)37-30(9,10)11/h12-17,22,25H,1-11H3,(H,31,36)(H,32,34). The molecule has 2 aromatic carbocycles. The number of alkyl carbamates (subject to hydrolysis) is 1. The van der Waals surface area contributed by atoms with Crippen LogP contribution < -0.4 is 10.6 Å². The van der Waals surface area contributed by atoms with Crippen molar-refractivity contribution in [3.8, 4) is 0 Å². The van der Waals surface area contributed by atoms with Crippen molar-refractivity contribution in [1.29, 1.82) is 0 Å². The van der Waals surface area contributed by atoms with Crippen molar-refractivity contribution in [2.24, 2.45) is 0 Å². The number of benzene rings is 2. The molecule has 0 radical (unpaired) electrons. The zero-order chi connectivity index (χ0) is 28.3. The molecule has 2 aromatic rings. The summed E-state index contributed by atoms with van der Waals surface area (Å²) in [5.41, 5.74) is 3.82. The molecule has 37 heavy (non-hydrogen) atoms. The SMILES string of the molecule is Cc1ccc(C(C(=O)Nc2c(C)cccc2C)N(C(=O)C(C)NC(=O)OC(C)(C)C)C(C)(C)C)c(C)c1. The third-order valence-corrected chi connectivity index (χ3v) is 6.02. The van der Waals surface area contributed by atoms with Gasteiger partial charge >= 0.3 is 6.09 Å². The molecule has 2 unspecified atom stereocenters. The average Bonchev–Trinajstić information content (AvgIpc) is 2.72. The summed E-state index contributed by atoms with van der Waals surface area (Å²) in [5, 5.41) is 5.73. The lowest BCUT2D eigenvalue weighted by molar-refractivity contribution is -0.146. The summed E-state index contributed by atoms with van der Waals surface area (Å²) in [6, 6.07) is 9.81. The molecule has 0 aliphatic heterocycles. The minimum Gasteiger partial charge on any atom is -0.444 e. The fourth-order valence-corrected chi connectivity index (χ4v) is 4.33. The van der Waals surface area contributed by atoms with Crippen LogP contribution >= 0.6 is 0 Å². The Morgan fingerprint density at radius 1 is 0.865 bits per heavy atom. The first-order chi connectivity index (χ1) is 16.9. The molecule has 0 aliphatic carbocycles. The molecule has 0 aromatic heterocycles. The number of para-hydroxylation sites is 1. The van der Waals surface area contributed by atoms with Crippen LogP contribution in [0.3, 0.4) is 0 Å².